The molecule has 0 aliphatic carbocycles. The van der Waals surface area contributed by atoms with Crippen LogP contribution >= 0.6 is 0 Å². The summed E-state index contributed by atoms with van der Waals surface area (Å²) >= 11 is 0. The quantitative estimate of drug-likeness (QED) is 0.488. The molecular weight excluding hydrogens is 438 g/mol. The molecule has 5 rings (SSSR count). The number of hydrogen-bond donors (Lipinski definition) is 1. The van der Waals surface area contributed by atoms with E-state index in [9.17, 15) is 9.59 Å². The van der Waals surface area contributed by atoms with Crippen molar-refractivity contribution >= 4 is 22.7 Å². The van der Waals surface area contributed by atoms with Gasteiger partial charge in [0.25, 0.3) is 11.8 Å². The number of nitrogens with zero attached hydrogens (tertiary/aromatic N) is 4. The van der Waals surface area contributed by atoms with Crippen molar-refractivity contribution in [2.75, 3.05) is 33.2 Å². The molecule has 1 aliphatic rings. The zero-order chi connectivity index (χ0) is 24.2. The van der Waals surface area contributed by atoms with Crippen LogP contribution in [0.3, 0.4) is 0 Å². The number of fused-ring (bicyclic) bond motifs is 1. The van der Waals surface area contributed by atoms with Crippen molar-refractivity contribution in [3.8, 4) is 0 Å². The number of para-hydroxylation sites is 1. The molecule has 1 saturated heterocycles. The monoisotopic (exact) mass is 467 g/mol. The Kier molecular flexibility index (Phi) is 6.70. The van der Waals surface area contributed by atoms with Gasteiger partial charge in [-0.25, -0.2) is 0 Å². The summed E-state index contributed by atoms with van der Waals surface area (Å²) in [4.78, 5) is 31.2. The first kappa shape index (κ1) is 23.0. The first-order valence-electron chi connectivity index (χ1n) is 11.9. The van der Waals surface area contributed by atoms with E-state index in [2.05, 4.69) is 51.5 Å². The molecule has 7 heteroatoms. The average molecular weight is 468 g/mol. The van der Waals surface area contributed by atoms with Crippen LogP contribution in [0.4, 0.5) is 0 Å². The highest BCUT2D eigenvalue weighted by molar-refractivity contribution is 6.09. The van der Waals surface area contributed by atoms with Crippen molar-refractivity contribution in [3.05, 3.63) is 102 Å². The number of carbonyl (C=O) groups is 2. The number of aromatic nitrogens is 2. The molecule has 2 heterocycles. The summed E-state index contributed by atoms with van der Waals surface area (Å²) in [5, 5.41) is 8.35. The SMILES string of the molecule is CN1CCN(Cc2ccccc2)CC(NC(=O)c2nn(C(=O)c3ccccc3)c3ccccc23)C1. The zero-order valence-corrected chi connectivity index (χ0v) is 19.8. The number of rotatable bonds is 5. The van der Waals surface area contributed by atoms with Gasteiger partial charge in [0.05, 0.1) is 11.6 Å². The van der Waals surface area contributed by atoms with Crippen molar-refractivity contribution < 1.29 is 9.59 Å². The Morgan fingerprint density at radius 3 is 2.34 bits per heavy atom. The summed E-state index contributed by atoms with van der Waals surface area (Å²) in [6.07, 6.45) is 0. The van der Waals surface area contributed by atoms with Crippen LogP contribution < -0.4 is 5.32 Å². The van der Waals surface area contributed by atoms with E-state index in [1.54, 1.807) is 12.1 Å². The van der Waals surface area contributed by atoms with Gasteiger partial charge >= 0.3 is 0 Å². The lowest BCUT2D eigenvalue weighted by molar-refractivity contribution is 0.0917. The predicted octanol–water partition coefficient (Wildman–Crippen LogP) is 3.27. The highest BCUT2D eigenvalue weighted by atomic mass is 16.2. The van der Waals surface area contributed by atoms with Gasteiger partial charge in [-0.05, 0) is 30.8 Å². The molecule has 1 atom stereocenters. The molecule has 4 aromatic rings. The number of nitrogens with one attached hydrogen (secondary N) is 1. The van der Waals surface area contributed by atoms with Gasteiger partial charge in [0.15, 0.2) is 5.69 Å². The maximum atomic E-state index is 13.4. The van der Waals surface area contributed by atoms with E-state index in [-0.39, 0.29) is 23.6 Å². The number of likely N-dealkylation sites (N-methyl/N-ethyl adjacent to an activating group) is 1. The standard InChI is InChI=1S/C28H29N5O2/c1-31-16-17-32(18-21-10-4-2-5-11-21)20-23(19-31)29-27(34)26-24-14-8-9-15-25(24)33(30-26)28(35)22-12-6-3-7-13-22/h2-15,23H,16-20H2,1H3,(H,29,34). The predicted molar refractivity (Wildman–Crippen MR) is 136 cm³/mol. The van der Waals surface area contributed by atoms with Crippen LogP contribution in [-0.2, 0) is 6.54 Å². The van der Waals surface area contributed by atoms with Gasteiger partial charge in [0, 0.05) is 43.7 Å². The van der Waals surface area contributed by atoms with Crippen LogP contribution in [0.5, 0.6) is 0 Å². The van der Waals surface area contributed by atoms with Gasteiger partial charge in [-0.1, -0.05) is 66.7 Å². The number of benzene rings is 3. The maximum Gasteiger partial charge on any atom is 0.278 e. The van der Waals surface area contributed by atoms with Gasteiger partial charge < -0.3 is 10.2 Å². The molecule has 35 heavy (non-hydrogen) atoms. The van der Waals surface area contributed by atoms with Crippen molar-refractivity contribution in [2.24, 2.45) is 0 Å². The van der Waals surface area contributed by atoms with Crippen molar-refractivity contribution in [2.45, 2.75) is 12.6 Å². The van der Waals surface area contributed by atoms with Crippen LogP contribution in [0.15, 0.2) is 84.9 Å². The highest BCUT2D eigenvalue weighted by Gasteiger charge is 2.26. The topological polar surface area (TPSA) is 70.5 Å². The lowest BCUT2D eigenvalue weighted by Gasteiger charge is -2.24. The Labute approximate surface area is 205 Å². The Hall–Kier alpha value is -3.81. The molecule has 1 unspecified atom stereocenters. The van der Waals surface area contributed by atoms with Crippen LogP contribution in [0.1, 0.15) is 26.4 Å². The Bertz CT molecular complexity index is 1320. The molecule has 0 bridgehead atoms. The normalized spacial score (nSPS) is 17.2. The van der Waals surface area contributed by atoms with Gasteiger partial charge in [-0.15, -0.1) is 0 Å². The average Bonchev–Trinajstić information content (AvgIpc) is 3.19. The molecule has 1 fully saturated rings. The van der Waals surface area contributed by atoms with Crippen LogP contribution in [0.25, 0.3) is 10.9 Å². The van der Waals surface area contributed by atoms with E-state index in [1.165, 1.54) is 10.2 Å². The summed E-state index contributed by atoms with van der Waals surface area (Å²) in [6.45, 7) is 4.19. The Morgan fingerprint density at radius 1 is 0.886 bits per heavy atom. The second-order valence-corrected chi connectivity index (χ2v) is 9.10. The largest absolute Gasteiger partial charge is 0.345 e. The minimum Gasteiger partial charge on any atom is -0.345 e. The fraction of sp³-hybridized carbons (Fsp3) is 0.250. The highest BCUT2D eigenvalue weighted by Crippen LogP contribution is 2.20. The van der Waals surface area contributed by atoms with E-state index < -0.39 is 0 Å². The van der Waals surface area contributed by atoms with E-state index >= 15 is 0 Å². The third-order valence-electron chi connectivity index (χ3n) is 6.41. The molecule has 1 aliphatic heterocycles. The van der Waals surface area contributed by atoms with E-state index in [0.29, 0.717) is 16.5 Å². The molecule has 178 valence electrons. The van der Waals surface area contributed by atoms with Crippen LogP contribution in [0.2, 0.25) is 0 Å². The lowest BCUT2D eigenvalue weighted by atomic mass is 10.1. The maximum absolute atomic E-state index is 13.4. The van der Waals surface area contributed by atoms with Gasteiger partial charge in [0.1, 0.15) is 0 Å². The van der Waals surface area contributed by atoms with Gasteiger partial charge in [-0.3, -0.25) is 14.5 Å². The van der Waals surface area contributed by atoms with E-state index in [1.807, 2.05) is 48.5 Å². The summed E-state index contributed by atoms with van der Waals surface area (Å²) in [5.74, 6) is -0.523. The fourth-order valence-electron chi connectivity index (χ4n) is 4.66. The van der Waals surface area contributed by atoms with E-state index in [0.717, 1.165) is 32.7 Å². The molecule has 3 aromatic carbocycles. The molecule has 1 N–H and O–H groups in total. The number of hydrogen-bond acceptors (Lipinski definition) is 5. The van der Waals surface area contributed by atoms with Crippen LogP contribution in [-0.4, -0.2) is 70.7 Å². The van der Waals surface area contributed by atoms with Crippen molar-refractivity contribution in [1.82, 2.24) is 24.9 Å². The smallest absolute Gasteiger partial charge is 0.278 e. The summed E-state index contributed by atoms with van der Waals surface area (Å²) in [6, 6.07) is 26.7. The third-order valence-corrected chi connectivity index (χ3v) is 6.41. The van der Waals surface area contributed by atoms with Crippen LogP contribution in [0, 0.1) is 0 Å². The fourth-order valence-corrected chi connectivity index (χ4v) is 4.66. The summed E-state index contributed by atoms with van der Waals surface area (Å²) in [7, 11) is 2.08. The second-order valence-electron chi connectivity index (χ2n) is 9.10. The number of amides is 1. The van der Waals surface area contributed by atoms with Crippen molar-refractivity contribution in [3.63, 3.8) is 0 Å². The molecule has 0 saturated carbocycles. The lowest BCUT2D eigenvalue weighted by Crippen LogP contribution is -2.46. The second kappa shape index (κ2) is 10.2. The number of carbonyl (C=O) groups excluding carboxylic acids is 2. The minimum absolute atomic E-state index is 0.0625. The molecule has 7 nitrogen and oxygen atoms in total. The minimum atomic E-state index is -0.263. The molecular formula is C28H29N5O2. The third kappa shape index (κ3) is 5.16. The zero-order valence-electron chi connectivity index (χ0n) is 19.8. The summed E-state index contributed by atoms with van der Waals surface area (Å²) in [5.41, 5.74) is 2.67. The molecule has 1 aromatic heterocycles. The molecule has 0 spiro atoms. The Morgan fingerprint density at radius 2 is 1.57 bits per heavy atom. The first-order valence-corrected chi connectivity index (χ1v) is 11.9. The van der Waals surface area contributed by atoms with Crippen molar-refractivity contribution in [1.29, 1.82) is 0 Å². The van der Waals surface area contributed by atoms with Gasteiger partial charge in [-0.2, -0.15) is 9.78 Å². The first-order chi connectivity index (χ1) is 17.1. The Balaban J connectivity index is 1.38. The molecule has 0 radical (unpaired) electrons. The van der Waals surface area contributed by atoms with E-state index in [4.69, 9.17) is 0 Å². The van der Waals surface area contributed by atoms with Gasteiger partial charge in [0.2, 0.25) is 0 Å². The summed E-state index contributed by atoms with van der Waals surface area (Å²) < 4.78 is 1.33. The molecule has 1 amide bonds.